The number of rotatable bonds is 5. The predicted octanol–water partition coefficient (Wildman–Crippen LogP) is 2.13. The second kappa shape index (κ2) is 7.28. The van der Waals surface area contributed by atoms with E-state index in [0.29, 0.717) is 0 Å². The van der Waals surface area contributed by atoms with E-state index in [1.165, 1.54) is 5.56 Å². The first-order valence-electron chi connectivity index (χ1n) is 8.25. The second-order valence-electron chi connectivity index (χ2n) is 5.85. The molecule has 0 spiro atoms. The summed E-state index contributed by atoms with van der Waals surface area (Å²) < 4.78 is 9.32. The van der Waals surface area contributed by atoms with Crippen molar-refractivity contribution in [1.82, 2.24) is 24.5 Å². The van der Waals surface area contributed by atoms with Gasteiger partial charge in [-0.15, -0.1) is 10.2 Å². The highest BCUT2D eigenvalue weighted by Crippen LogP contribution is 2.24. The van der Waals surface area contributed by atoms with Gasteiger partial charge in [-0.3, -0.25) is 4.57 Å². The Bertz CT molecular complexity index is 808. The zero-order valence-corrected chi connectivity index (χ0v) is 14.9. The van der Waals surface area contributed by atoms with Gasteiger partial charge in [0.2, 0.25) is 5.95 Å². The molecule has 1 aromatic carbocycles. The van der Waals surface area contributed by atoms with Crippen molar-refractivity contribution in [3.63, 3.8) is 0 Å². The van der Waals surface area contributed by atoms with E-state index in [0.717, 1.165) is 48.8 Å². The summed E-state index contributed by atoms with van der Waals surface area (Å²) in [6.07, 6.45) is 3.72. The second-order valence-corrected chi connectivity index (χ2v) is 6.79. The first kappa shape index (κ1) is 16.2. The Morgan fingerprint density at radius 1 is 1.12 bits per heavy atom. The Morgan fingerprint density at radius 3 is 2.64 bits per heavy atom. The average molecular weight is 356 g/mol. The van der Waals surface area contributed by atoms with Crippen molar-refractivity contribution in [1.29, 1.82) is 0 Å². The van der Waals surface area contributed by atoms with Crippen LogP contribution < -0.4 is 4.90 Å². The summed E-state index contributed by atoms with van der Waals surface area (Å²) >= 11 is 1.70. The lowest BCUT2D eigenvalue weighted by molar-refractivity contribution is 0.121. The van der Waals surface area contributed by atoms with E-state index >= 15 is 0 Å². The molecule has 3 aromatic rings. The van der Waals surface area contributed by atoms with E-state index < -0.39 is 0 Å². The van der Waals surface area contributed by atoms with Crippen LogP contribution in [0.25, 0.3) is 5.69 Å². The predicted molar refractivity (Wildman–Crippen MR) is 97.2 cm³/mol. The average Bonchev–Trinajstić information content (AvgIpc) is 3.31. The lowest BCUT2D eigenvalue weighted by Crippen LogP contribution is -2.37. The van der Waals surface area contributed by atoms with E-state index in [9.17, 15) is 0 Å². The molecular formula is C17H20N6OS. The van der Waals surface area contributed by atoms with E-state index in [1.807, 2.05) is 24.0 Å². The number of benzene rings is 1. The fourth-order valence-corrected chi connectivity index (χ4v) is 3.65. The van der Waals surface area contributed by atoms with Crippen LogP contribution in [0.4, 0.5) is 5.95 Å². The molecule has 0 radical (unpaired) electrons. The van der Waals surface area contributed by atoms with Gasteiger partial charge in [0.25, 0.3) is 0 Å². The van der Waals surface area contributed by atoms with Crippen LogP contribution in [0.3, 0.4) is 0 Å². The highest BCUT2D eigenvalue weighted by molar-refractivity contribution is 7.98. The Kier molecular flexibility index (Phi) is 4.71. The van der Waals surface area contributed by atoms with Gasteiger partial charge in [-0.05, 0) is 23.8 Å². The zero-order chi connectivity index (χ0) is 17.1. The molecule has 7 nitrogen and oxygen atoms in total. The molecule has 1 aliphatic rings. The minimum atomic E-state index is 0.748. The molecule has 2 aromatic heterocycles. The molecule has 0 saturated carbocycles. The van der Waals surface area contributed by atoms with Crippen molar-refractivity contribution < 1.29 is 4.74 Å². The topological polar surface area (TPSA) is 61.0 Å². The highest BCUT2D eigenvalue weighted by atomic mass is 32.2. The first-order chi connectivity index (χ1) is 12.3. The fraction of sp³-hybridized carbons (Fsp3) is 0.353. The number of hydrogen-bond acceptors (Lipinski definition) is 6. The molecule has 0 amide bonds. The van der Waals surface area contributed by atoms with Crippen molar-refractivity contribution >= 4 is 17.7 Å². The molecular weight excluding hydrogens is 336 g/mol. The molecule has 1 saturated heterocycles. The van der Waals surface area contributed by atoms with Gasteiger partial charge < -0.3 is 9.64 Å². The molecule has 4 rings (SSSR count). The van der Waals surface area contributed by atoms with Crippen LogP contribution in [0, 0.1) is 0 Å². The van der Waals surface area contributed by atoms with Crippen molar-refractivity contribution in [2.45, 2.75) is 10.9 Å². The van der Waals surface area contributed by atoms with Crippen LogP contribution >= 0.6 is 11.8 Å². The molecule has 25 heavy (non-hydrogen) atoms. The molecule has 1 aliphatic heterocycles. The van der Waals surface area contributed by atoms with Crippen LogP contribution in [0.1, 0.15) is 5.56 Å². The van der Waals surface area contributed by atoms with Crippen LogP contribution in [0.15, 0.2) is 47.9 Å². The van der Waals surface area contributed by atoms with Crippen LogP contribution in [0.2, 0.25) is 0 Å². The Hall–Kier alpha value is -2.32. The summed E-state index contributed by atoms with van der Waals surface area (Å²) in [6.45, 7) is 3.23. The van der Waals surface area contributed by atoms with E-state index in [-0.39, 0.29) is 0 Å². The largest absolute Gasteiger partial charge is 0.378 e. The van der Waals surface area contributed by atoms with Crippen LogP contribution in [0.5, 0.6) is 0 Å². The monoisotopic (exact) mass is 356 g/mol. The normalized spacial score (nSPS) is 14.8. The molecule has 130 valence electrons. The third-order valence-electron chi connectivity index (χ3n) is 4.18. The third kappa shape index (κ3) is 3.54. The summed E-state index contributed by atoms with van der Waals surface area (Å²) in [4.78, 5) is 2.22. The van der Waals surface area contributed by atoms with Gasteiger partial charge in [-0.2, -0.15) is 5.10 Å². The molecule has 0 atom stereocenters. The lowest BCUT2D eigenvalue weighted by atomic mass is 10.2. The van der Waals surface area contributed by atoms with E-state index in [4.69, 9.17) is 4.74 Å². The SMILES string of the molecule is Cn1c(SCc2ccc(-n3cccn3)cc2)nnc1N1CCOCC1. The zero-order valence-electron chi connectivity index (χ0n) is 14.1. The minimum absolute atomic E-state index is 0.748. The van der Waals surface area contributed by atoms with Crippen LogP contribution in [-0.2, 0) is 17.5 Å². The number of hydrogen-bond donors (Lipinski definition) is 0. The summed E-state index contributed by atoms with van der Waals surface area (Å²) in [5.74, 6) is 1.77. The van der Waals surface area contributed by atoms with E-state index in [1.54, 1.807) is 18.0 Å². The third-order valence-corrected chi connectivity index (χ3v) is 5.27. The smallest absolute Gasteiger partial charge is 0.227 e. The van der Waals surface area contributed by atoms with E-state index in [2.05, 4.69) is 49.0 Å². The molecule has 0 bridgehead atoms. The molecule has 0 unspecified atom stereocenters. The molecule has 8 heteroatoms. The molecule has 3 heterocycles. The quantitative estimate of drug-likeness (QED) is 0.653. The van der Waals surface area contributed by atoms with Crippen molar-refractivity contribution in [2.75, 3.05) is 31.2 Å². The maximum atomic E-state index is 5.40. The Morgan fingerprint density at radius 2 is 1.92 bits per heavy atom. The lowest BCUT2D eigenvalue weighted by Gasteiger charge is -2.27. The number of ether oxygens (including phenoxy) is 1. The van der Waals surface area contributed by atoms with Crippen LogP contribution in [-0.4, -0.2) is 50.8 Å². The maximum Gasteiger partial charge on any atom is 0.227 e. The standard InChI is InChI=1S/C17H20N6OS/c1-21-16(22-9-11-24-12-10-22)19-20-17(21)25-13-14-3-5-15(6-4-14)23-8-2-7-18-23/h2-8H,9-13H2,1H3. The number of morpholine rings is 1. The molecule has 1 fully saturated rings. The maximum absolute atomic E-state index is 5.40. The molecule has 0 N–H and O–H groups in total. The Balaban J connectivity index is 1.40. The van der Waals surface area contributed by atoms with Gasteiger partial charge in [0.05, 0.1) is 18.9 Å². The number of thioether (sulfide) groups is 1. The van der Waals surface area contributed by atoms with Gasteiger partial charge in [0.15, 0.2) is 5.16 Å². The van der Waals surface area contributed by atoms with Crippen molar-refractivity contribution in [3.05, 3.63) is 48.3 Å². The van der Waals surface area contributed by atoms with Gasteiger partial charge in [-0.1, -0.05) is 23.9 Å². The highest BCUT2D eigenvalue weighted by Gasteiger charge is 2.18. The number of anilines is 1. The van der Waals surface area contributed by atoms with Gasteiger partial charge in [0, 0.05) is 38.3 Å². The Labute approximate surface area is 150 Å². The first-order valence-corrected chi connectivity index (χ1v) is 9.24. The van der Waals surface area contributed by atoms with Gasteiger partial charge in [0.1, 0.15) is 0 Å². The van der Waals surface area contributed by atoms with Gasteiger partial charge >= 0.3 is 0 Å². The fourth-order valence-electron chi connectivity index (χ4n) is 2.79. The van der Waals surface area contributed by atoms with Crippen molar-refractivity contribution in [2.24, 2.45) is 7.05 Å². The summed E-state index contributed by atoms with van der Waals surface area (Å²) in [7, 11) is 2.02. The summed E-state index contributed by atoms with van der Waals surface area (Å²) in [5, 5.41) is 13.9. The van der Waals surface area contributed by atoms with Gasteiger partial charge in [-0.25, -0.2) is 4.68 Å². The number of aromatic nitrogens is 5. The minimum Gasteiger partial charge on any atom is -0.378 e. The summed E-state index contributed by atoms with van der Waals surface area (Å²) in [6, 6.07) is 10.3. The summed E-state index contributed by atoms with van der Waals surface area (Å²) in [5.41, 5.74) is 2.31. The van der Waals surface area contributed by atoms with Crippen molar-refractivity contribution in [3.8, 4) is 5.69 Å². The number of nitrogens with zero attached hydrogens (tertiary/aromatic N) is 6. The molecule has 0 aliphatic carbocycles.